The summed E-state index contributed by atoms with van der Waals surface area (Å²) < 4.78 is 16.2. The number of hydrogen-bond donors (Lipinski definition) is 2. The van der Waals surface area contributed by atoms with Crippen molar-refractivity contribution in [3.05, 3.63) is 29.8 Å². The minimum atomic E-state index is -0.404. The number of benzene rings is 1. The predicted octanol–water partition coefficient (Wildman–Crippen LogP) is 0.446. The summed E-state index contributed by atoms with van der Waals surface area (Å²) >= 11 is 0. The molecule has 1 aromatic carbocycles. The largest absolute Gasteiger partial charge is 0.484 e. The standard InChI is InChI=1S/C15H22N2O4/c1-19-15(6-7-20-11-15)10-17-14(18)9-21-13-4-2-12(8-16)3-5-13/h2-5H,6-11,16H2,1H3,(H,17,18). The van der Waals surface area contributed by atoms with Crippen LogP contribution in [0.3, 0.4) is 0 Å². The van der Waals surface area contributed by atoms with Crippen molar-refractivity contribution >= 4 is 5.91 Å². The number of ether oxygens (including phenoxy) is 3. The highest BCUT2D eigenvalue weighted by Gasteiger charge is 2.35. The summed E-state index contributed by atoms with van der Waals surface area (Å²) in [7, 11) is 1.64. The van der Waals surface area contributed by atoms with Crippen molar-refractivity contribution in [2.75, 3.05) is 33.5 Å². The van der Waals surface area contributed by atoms with Crippen molar-refractivity contribution in [3.8, 4) is 5.75 Å². The van der Waals surface area contributed by atoms with Gasteiger partial charge in [-0.15, -0.1) is 0 Å². The number of rotatable bonds is 7. The number of carbonyl (C=O) groups excluding carboxylic acids is 1. The first-order chi connectivity index (χ1) is 10.2. The van der Waals surface area contributed by atoms with Crippen molar-refractivity contribution < 1.29 is 19.0 Å². The summed E-state index contributed by atoms with van der Waals surface area (Å²) in [6.45, 7) is 2.06. The molecule has 1 aliphatic heterocycles. The Balaban J connectivity index is 1.74. The highest BCUT2D eigenvalue weighted by molar-refractivity contribution is 5.77. The average Bonchev–Trinajstić information content (AvgIpc) is 3.01. The maximum Gasteiger partial charge on any atom is 0.258 e. The van der Waals surface area contributed by atoms with Crippen LogP contribution in [0.5, 0.6) is 5.75 Å². The molecule has 1 heterocycles. The zero-order valence-electron chi connectivity index (χ0n) is 12.3. The highest BCUT2D eigenvalue weighted by Crippen LogP contribution is 2.21. The smallest absolute Gasteiger partial charge is 0.258 e. The van der Waals surface area contributed by atoms with Crippen molar-refractivity contribution in [1.29, 1.82) is 0 Å². The van der Waals surface area contributed by atoms with Crippen molar-refractivity contribution in [3.63, 3.8) is 0 Å². The van der Waals surface area contributed by atoms with E-state index in [1.165, 1.54) is 0 Å². The highest BCUT2D eigenvalue weighted by atomic mass is 16.5. The molecule has 21 heavy (non-hydrogen) atoms. The van der Waals surface area contributed by atoms with Gasteiger partial charge in [-0.3, -0.25) is 4.79 Å². The molecule has 0 saturated carbocycles. The van der Waals surface area contributed by atoms with Crippen LogP contribution < -0.4 is 15.8 Å². The van der Waals surface area contributed by atoms with E-state index in [0.29, 0.717) is 32.1 Å². The normalized spacial score (nSPS) is 21.2. The van der Waals surface area contributed by atoms with Crippen LogP contribution in [0.25, 0.3) is 0 Å². The summed E-state index contributed by atoms with van der Waals surface area (Å²) in [4.78, 5) is 11.8. The van der Waals surface area contributed by atoms with Gasteiger partial charge < -0.3 is 25.3 Å². The van der Waals surface area contributed by atoms with Gasteiger partial charge >= 0.3 is 0 Å². The lowest BCUT2D eigenvalue weighted by atomic mass is 10.0. The number of amides is 1. The van der Waals surface area contributed by atoms with Crippen LogP contribution in [-0.2, 0) is 20.8 Å². The van der Waals surface area contributed by atoms with Crippen molar-refractivity contribution in [2.24, 2.45) is 5.73 Å². The third-order valence-electron chi connectivity index (χ3n) is 3.64. The van der Waals surface area contributed by atoms with E-state index in [4.69, 9.17) is 19.9 Å². The lowest BCUT2D eigenvalue weighted by Crippen LogP contribution is -2.46. The van der Waals surface area contributed by atoms with E-state index < -0.39 is 5.60 Å². The third-order valence-corrected chi connectivity index (χ3v) is 3.64. The Morgan fingerprint density at radius 2 is 2.19 bits per heavy atom. The molecule has 2 rings (SSSR count). The Kier molecular flexibility index (Phi) is 5.55. The van der Waals surface area contributed by atoms with Gasteiger partial charge in [0.2, 0.25) is 0 Å². The second kappa shape index (κ2) is 7.40. The number of hydrogen-bond acceptors (Lipinski definition) is 5. The van der Waals surface area contributed by atoms with E-state index in [1.54, 1.807) is 19.2 Å². The third kappa shape index (κ3) is 4.42. The van der Waals surface area contributed by atoms with Gasteiger partial charge in [-0.1, -0.05) is 12.1 Å². The van der Waals surface area contributed by atoms with Crippen LogP contribution in [0, 0.1) is 0 Å². The maximum atomic E-state index is 11.8. The summed E-state index contributed by atoms with van der Waals surface area (Å²) in [6.07, 6.45) is 0.783. The number of methoxy groups -OCH3 is 1. The lowest BCUT2D eigenvalue weighted by molar-refractivity contribution is -0.124. The molecule has 1 atom stereocenters. The molecule has 1 saturated heterocycles. The van der Waals surface area contributed by atoms with Crippen LogP contribution in [0.2, 0.25) is 0 Å². The zero-order valence-corrected chi connectivity index (χ0v) is 12.3. The molecule has 6 heteroatoms. The molecule has 0 radical (unpaired) electrons. The Morgan fingerprint density at radius 3 is 2.76 bits per heavy atom. The molecule has 1 unspecified atom stereocenters. The molecule has 1 aromatic rings. The summed E-state index contributed by atoms with van der Waals surface area (Å²) in [5, 5.41) is 2.82. The van der Waals surface area contributed by atoms with Gasteiger partial charge in [-0.05, 0) is 17.7 Å². The van der Waals surface area contributed by atoms with E-state index in [9.17, 15) is 4.79 Å². The Hall–Kier alpha value is -1.63. The van der Waals surface area contributed by atoms with Gasteiger partial charge in [0.05, 0.1) is 6.61 Å². The van der Waals surface area contributed by atoms with Crippen LogP contribution in [-0.4, -0.2) is 45.0 Å². The van der Waals surface area contributed by atoms with Crippen LogP contribution in [0.1, 0.15) is 12.0 Å². The molecule has 0 bridgehead atoms. The summed E-state index contributed by atoms with van der Waals surface area (Å²) in [6, 6.07) is 7.36. The predicted molar refractivity (Wildman–Crippen MR) is 78.0 cm³/mol. The molecule has 1 amide bonds. The lowest BCUT2D eigenvalue weighted by Gasteiger charge is -2.25. The minimum absolute atomic E-state index is 0.0252. The van der Waals surface area contributed by atoms with E-state index in [2.05, 4.69) is 5.32 Å². The Labute approximate surface area is 124 Å². The molecule has 116 valence electrons. The van der Waals surface area contributed by atoms with Gasteiger partial charge in [0.15, 0.2) is 6.61 Å². The molecule has 1 fully saturated rings. The molecule has 1 aliphatic rings. The van der Waals surface area contributed by atoms with Crippen molar-refractivity contribution in [2.45, 2.75) is 18.6 Å². The van der Waals surface area contributed by atoms with Gasteiger partial charge in [-0.25, -0.2) is 0 Å². The SMILES string of the molecule is COC1(CNC(=O)COc2ccc(CN)cc2)CCOC1. The van der Waals surface area contributed by atoms with Crippen molar-refractivity contribution in [1.82, 2.24) is 5.32 Å². The van der Waals surface area contributed by atoms with Crippen LogP contribution in [0.15, 0.2) is 24.3 Å². The molecule has 3 N–H and O–H groups in total. The molecule has 6 nitrogen and oxygen atoms in total. The minimum Gasteiger partial charge on any atom is -0.484 e. The van der Waals surface area contributed by atoms with Crippen LogP contribution in [0.4, 0.5) is 0 Å². The number of nitrogens with two attached hydrogens (primary N) is 1. The first-order valence-electron chi connectivity index (χ1n) is 6.99. The molecule has 0 spiro atoms. The fraction of sp³-hybridized carbons (Fsp3) is 0.533. The topological polar surface area (TPSA) is 82.8 Å². The summed E-state index contributed by atoms with van der Waals surface area (Å²) in [5.41, 5.74) is 6.14. The van der Waals surface area contributed by atoms with Gasteiger partial charge in [0, 0.05) is 33.2 Å². The molecule has 0 aliphatic carbocycles. The van der Waals surface area contributed by atoms with E-state index in [-0.39, 0.29) is 12.5 Å². The first kappa shape index (κ1) is 15.8. The van der Waals surface area contributed by atoms with E-state index >= 15 is 0 Å². The fourth-order valence-electron chi connectivity index (χ4n) is 2.14. The van der Waals surface area contributed by atoms with Crippen LogP contribution >= 0.6 is 0 Å². The summed E-state index contributed by atoms with van der Waals surface area (Å²) in [5.74, 6) is 0.467. The molecular weight excluding hydrogens is 272 g/mol. The first-order valence-corrected chi connectivity index (χ1v) is 6.99. The fourth-order valence-corrected chi connectivity index (χ4v) is 2.14. The van der Waals surface area contributed by atoms with Gasteiger partial charge in [-0.2, -0.15) is 0 Å². The second-order valence-corrected chi connectivity index (χ2v) is 5.10. The van der Waals surface area contributed by atoms with Gasteiger partial charge in [0.25, 0.3) is 5.91 Å². The Bertz CT molecular complexity index is 455. The maximum absolute atomic E-state index is 11.8. The monoisotopic (exact) mass is 294 g/mol. The number of carbonyl (C=O) groups is 1. The van der Waals surface area contributed by atoms with E-state index in [1.807, 2.05) is 12.1 Å². The molecular formula is C15H22N2O4. The Morgan fingerprint density at radius 1 is 1.43 bits per heavy atom. The quantitative estimate of drug-likeness (QED) is 0.763. The zero-order chi connectivity index (χ0) is 15.1. The van der Waals surface area contributed by atoms with E-state index in [0.717, 1.165) is 12.0 Å². The van der Waals surface area contributed by atoms with Gasteiger partial charge in [0.1, 0.15) is 11.4 Å². The number of nitrogens with one attached hydrogen (secondary N) is 1. The second-order valence-electron chi connectivity index (χ2n) is 5.10. The average molecular weight is 294 g/mol. The molecule has 0 aromatic heterocycles.